The van der Waals surface area contributed by atoms with Crippen molar-refractivity contribution < 1.29 is 14.3 Å². The number of carbonyl (C=O) groups excluding carboxylic acids is 2. The van der Waals surface area contributed by atoms with Gasteiger partial charge in [-0.1, -0.05) is 0 Å². The van der Waals surface area contributed by atoms with E-state index in [2.05, 4.69) is 0 Å². The van der Waals surface area contributed by atoms with Crippen LogP contribution in [0.1, 0.15) is 27.2 Å². The molecule has 2 fully saturated rings. The molecule has 0 radical (unpaired) electrons. The van der Waals surface area contributed by atoms with E-state index in [-0.39, 0.29) is 17.9 Å². The molecule has 2 rings (SSSR count). The van der Waals surface area contributed by atoms with E-state index in [0.717, 1.165) is 6.29 Å². The summed E-state index contributed by atoms with van der Waals surface area (Å²) in [6.45, 7) is 5.59. The van der Waals surface area contributed by atoms with Gasteiger partial charge in [-0.3, -0.25) is 4.79 Å². The van der Waals surface area contributed by atoms with Crippen LogP contribution in [-0.2, 0) is 14.3 Å². The van der Waals surface area contributed by atoms with E-state index in [1.165, 1.54) is 4.90 Å². The average Bonchev–Trinajstić information content (AvgIpc) is 2.56. The number of ether oxygens (including phenoxy) is 1. The SMILES string of the molecule is CC1C[C@H]2C(=O)N(C)[C@](C)(C=O)[C@@]2(C)O1. The van der Waals surface area contributed by atoms with Crippen molar-refractivity contribution in [1.82, 2.24) is 4.90 Å². The number of nitrogens with zero attached hydrogens (tertiary/aromatic N) is 1. The number of hydrogen-bond acceptors (Lipinski definition) is 3. The molecule has 15 heavy (non-hydrogen) atoms. The molecule has 2 aliphatic heterocycles. The van der Waals surface area contributed by atoms with Crippen LogP contribution in [0.15, 0.2) is 0 Å². The summed E-state index contributed by atoms with van der Waals surface area (Å²) in [7, 11) is 1.67. The van der Waals surface area contributed by atoms with E-state index in [1.807, 2.05) is 13.8 Å². The second-order valence-corrected chi connectivity index (χ2v) is 4.99. The lowest BCUT2D eigenvalue weighted by Crippen LogP contribution is -2.56. The fourth-order valence-electron chi connectivity index (χ4n) is 2.91. The molecular weight excluding hydrogens is 194 g/mol. The van der Waals surface area contributed by atoms with Gasteiger partial charge in [0.2, 0.25) is 5.91 Å². The van der Waals surface area contributed by atoms with Crippen LogP contribution in [0.3, 0.4) is 0 Å². The van der Waals surface area contributed by atoms with Crippen molar-refractivity contribution in [3.63, 3.8) is 0 Å². The molecule has 2 heterocycles. The molecule has 0 saturated carbocycles. The molecule has 4 heteroatoms. The number of fused-ring (bicyclic) bond motifs is 1. The minimum Gasteiger partial charge on any atom is -0.369 e. The summed E-state index contributed by atoms with van der Waals surface area (Å²) in [5.41, 5.74) is -1.50. The molecule has 0 aromatic carbocycles. The molecule has 0 N–H and O–H groups in total. The second-order valence-electron chi connectivity index (χ2n) is 4.99. The van der Waals surface area contributed by atoms with Gasteiger partial charge in [-0.2, -0.15) is 0 Å². The molecular formula is C11H17NO3. The van der Waals surface area contributed by atoms with Gasteiger partial charge in [0.25, 0.3) is 0 Å². The lowest BCUT2D eigenvalue weighted by Gasteiger charge is -2.38. The number of carbonyl (C=O) groups is 2. The zero-order valence-electron chi connectivity index (χ0n) is 9.61. The van der Waals surface area contributed by atoms with Gasteiger partial charge in [-0.05, 0) is 27.2 Å². The maximum atomic E-state index is 12.0. The number of amides is 1. The van der Waals surface area contributed by atoms with Crippen LogP contribution in [0.2, 0.25) is 0 Å². The molecule has 84 valence electrons. The summed E-state index contributed by atoms with van der Waals surface area (Å²) in [6.07, 6.45) is 1.60. The number of rotatable bonds is 1. The normalized spacial score (nSPS) is 49.6. The highest BCUT2D eigenvalue weighted by Crippen LogP contribution is 2.50. The molecule has 1 unspecified atom stereocenters. The zero-order valence-corrected chi connectivity index (χ0v) is 9.61. The Labute approximate surface area is 89.6 Å². The van der Waals surface area contributed by atoms with Crippen molar-refractivity contribution in [3.05, 3.63) is 0 Å². The minimum absolute atomic E-state index is 0.0245. The summed E-state index contributed by atoms with van der Waals surface area (Å²) in [4.78, 5) is 24.8. The zero-order chi connectivity index (χ0) is 11.4. The van der Waals surface area contributed by atoms with Gasteiger partial charge in [0.05, 0.1) is 12.0 Å². The van der Waals surface area contributed by atoms with Crippen LogP contribution < -0.4 is 0 Å². The highest BCUT2D eigenvalue weighted by Gasteiger charge is 2.67. The molecule has 1 amide bonds. The highest BCUT2D eigenvalue weighted by atomic mass is 16.5. The van der Waals surface area contributed by atoms with E-state index < -0.39 is 11.1 Å². The Kier molecular flexibility index (Phi) is 1.99. The van der Waals surface area contributed by atoms with Crippen molar-refractivity contribution in [2.45, 2.75) is 44.4 Å². The predicted molar refractivity (Wildman–Crippen MR) is 54.3 cm³/mol. The minimum atomic E-state index is -0.834. The Hall–Kier alpha value is -0.900. The number of likely N-dealkylation sites (tertiary alicyclic amines) is 1. The monoisotopic (exact) mass is 211 g/mol. The number of aldehydes is 1. The maximum absolute atomic E-state index is 12.0. The van der Waals surface area contributed by atoms with Crippen LogP contribution in [-0.4, -0.2) is 41.4 Å². The molecule has 2 aliphatic rings. The average molecular weight is 211 g/mol. The van der Waals surface area contributed by atoms with Crippen molar-refractivity contribution in [3.8, 4) is 0 Å². The van der Waals surface area contributed by atoms with Crippen LogP contribution in [0, 0.1) is 5.92 Å². The first-order valence-corrected chi connectivity index (χ1v) is 5.28. The van der Waals surface area contributed by atoms with E-state index in [1.54, 1.807) is 14.0 Å². The first-order valence-electron chi connectivity index (χ1n) is 5.28. The van der Waals surface area contributed by atoms with E-state index >= 15 is 0 Å². The molecule has 0 spiro atoms. The van der Waals surface area contributed by atoms with Crippen LogP contribution in [0.5, 0.6) is 0 Å². The molecule has 0 aliphatic carbocycles. The third kappa shape index (κ3) is 1.00. The largest absolute Gasteiger partial charge is 0.369 e. The van der Waals surface area contributed by atoms with Crippen molar-refractivity contribution in [1.29, 1.82) is 0 Å². The van der Waals surface area contributed by atoms with Crippen LogP contribution in [0.4, 0.5) is 0 Å². The van der Waals surface area contributed by atoms with E-state index in [9.17, 15) is 9.59 Å². The Bertz CT molecular complexity index is 330. The highest BCUT2D eigenvalue weighted by molar-refractivity contribution is 5.91. The van der Waals surface area contributed by atoms with Crippen molar-refractivity contribution in [2.75, 3.05) is 7.05 Å². The Morgan fingerprint density at radius 2 is 2.13 bits per heavy atom. The number of hydrogen-bond donors (Lipinski definition) is 0. The lowest BCUT2D eigenvalue weighted by atomic mass is 9.79. The van der Waals surface area contributed by atoms with Gasteiger partial charge >= 0.3 is 0 Å². The van der Waals surface area contributed by atoms with Gasteiger partial charge in [0, 0.05) is 7.05 Å². The lowest BCUT2D eigenvalue weighted by molar-refractivity contribution is -0.140. The van der Waals surface area contributed by atoms with Crippen LogP contribution in [0.25, 0.3) is 0 Å². The Morgan fingerprint density at radius 1 is 1.53 bits per heavy atom. The molecule has 0 aromatic rings. The summed E-state index contributed by atoms with van der Waals surface area (Å²) in [6, 6.07) is 0. The van der Waals surface area contributed by atoms with Gasteiger partial charge in [-0.15, -0.1) is 0 Å². The van der Waals surface area contributed by atoms with E-state index in [4.69, 9.17) is 4.74 Å². The molecule has 0 bridgehead atoms. The summed E-state index contributed by atoms with van der Waals surface area (Å²) >= 11 is 0. The second kappa shape index (κ2) is 2.82. The first kappa shape index (κ1) is 10.6. The fourth-order valence-corrected chi connectivity index (χ4v) is 2.91. The van der Waals surface area contributed by atoms with Gasteiger partial charge in [0.1, 0.15) is 17.4 Å². The molecule has 2 saturated heterocycles. The van der Waals surface area contributed by atoms with Crippen molar-refractivity contribution in [2.24, 2.45) is 5.92 Å². The third-order valence-electron chi connectivity index (χ3n) is 4.24. The van der Waals surface area contributed by atoms with Crippen molar-refractivity contribution >= 4 is 12.2 Å². The van der Waals surface area contributed by atoms with Gasteiger partial charge < -0.3 is 14.4 Å². The van der Waals surface area contributed by atoms with E-state index in [0.29, 0.717) is 6.42 Å². The number of likely N-dealkylation sites (N-methyl/N-ethyl adjacent to an activating group) is 1. The molecule has 0 aromatic heterocycles. The summed E-state index contributed by atoms with van der Waals surface area (Å²) in [5.74, 6) is -0.149. The van der Waals surface area contributed by atoms with Gasteiger partial charge in [-0.25, -0.2) is 0 Å². The van der Waals surface area contributed by atoms with Gasteiger partial charge in [0.15, 0.2) is 0 Å². The third-order valence-corrected chi connectivity index (χ3v) is 4.24. The topological polar surface area (TPSA) is 46.6 Å². The maximum Gasteiger partial charge on any atom is 0.229 e. The smallest absolute Gasteiger partial charge is 0.229 e. The molecule has 4 nitrogen and oxygen atoms in total. The first-order chi connectivity index (χ1) is 6.87. The summed E-state index contributed by atoms with van der Waals surface area (Å²) < 4.78 is 5.83. The quantitative estimate of drug-likeness (QED) is 0.597. The van der Waals surface area contributed by atoms with Crippen LogP contribution >= 0.6 is 0 Å². The standard InChI is InChI=1S/C11H17NO3/c1-7-5-8-9(14)12(4)10(2,6-13)11(8,3)15-7/h6-8H,5H2,1-4H3/t7?,8-,10+,11-/m0/s1. The summed E-state index contributed by atoms with van der Waals surface area (Å²) in [5, 5.41) is 0. The fraction of sp³-hybridized carbons (Fsp3) is 0.818. The Morgan fingerprint density at radius 3 is 2.67 bits per heavy atom. The Balaban J connectivity index is 2.50. The molecule has 4 atom stereocenters. The predicted octanol–water partition coefficient (Wildman–Crippen LogP) is 0.600.